The molecule has 2 heterocycles. The average Bonchev–Trinajstić information content (AvgIpc) is 3.06. The van der Waals surface area contributed by atoms with E-state index in [0.29, 0.717) is 22.0 Å². The van der Waals surface area contributed by atoms with E-state index in [1.54, 1.807) is 16.7 Å². The fourth-order valence-corrected chi connectivity index (χ4v) is 5.69. The Labute approximate surface area is 187 Å². The zero-order valence-corrected chi connectivity index (χ0v) is 18.7. The number of fused-ring (bicyclic) bond motifs is 2. The molecule has 0 bridgehead atoms. The molecule has 0 aliphatic rings. The second-order valence-corrected chi connectivity index (χ2v) is 9.59. The molecule has 3 nitrogen and oxygen atoms in total. The van der Waals surface area contributed by atoms with E-state index in [2.05, 4.69) is 30.3 Å². The molecule has 0 amide bonds. The predicted octanol–water partition coefficient (Wildman–Crippen LogP) is 6.65. The van der Waals surface area contributed by atoms with Crippen LogP contribution >= 0.6 is 23.1 Å². The molecule has 0 atom stereocenters. The number of benzene rings is 3. The standard InChI is InChI=1S/C25H19FN2OS2/c1-15-16(2)31-23-22(15)24(29)28(21-11-9-20(26)10-12-21)25(27-23)30-14-17-7-8-18-5-3-4-6-19(18)13-17/h3-13H,14H2,1-2H3. The Hall–Kier alpha value is -2.96. The van der Waals surface area contributed by atoms with Gasteiger partial charge in [0.15, 0.2) is 5.16 Å². The van der Waals surface area contributed by atoms with Crippen LogP contribution in [0.25, 0.3) is 26.7 Å². The lowest BCUT2D eigenvalue weighted by atomic mass is 10.1. The molecule has 0 aliphatic carbocycles. The molecule has 0 radical (unpaired) electrons. The third-order valence-electron chi connectivity index (χ3n) is 5.44. The van der Waals surface area contributed by atoms with E-state index in [1.807, 2.05) is 26.0 Å². The second-order valence-electron chi connectivity index (χ2n) is 7.44. The first-order chi connectivity index (χ1) is 15.0. The van der Waals surface area contributed by atoms with Crippen LogP contribution in [-0.2, 0) is 5.75 Å². The van der Waals surface area contributed by atoms with Gasteiger partial charge in [0, 0.05) is 10.6 Å². The van der Waals surface area contributed by atoms with Gasteiger partial charge in [0.05, 0.1) is 11.1 Å². The molecule has 2 aromatic heterocycles. The SMILES string of the molecule is Cc1sc2nc(SCc3ccc4ccccc4c3)n(-c3ccc(F)cc3)c(=O)c2c1C. The lowest BCUT2D eigenvalue weighted by molar-refractivity contribution is 0.627. The molecule has 0 saturated heterocycles. The Balaban J connectivity index is 1.61. The highest BCUT2D eigenvalue weighted by Crippen LogP contribution is 2.31. The van der Waals surface area contributed by atoms with E-state index >= 15 is 0 Å². The molecule has 0 spiro atoms. The van der Waals surface area contributed by atoms with Crippen molar-refractivity contribution in [1.29, 1.82) is 0 Å². The van der Waals surface area contributed by atoms with E-state index in [0.717, 1.165) is 20.8 Å². The summed E-state index contributed by atoms with van der Waals surface area (Å²) in [4.78, 5) is 20.2. The first kappa shape index (κ1) is 20.0. The normalized spacial score (nSPS) is 11.5. The van der Waals surface area contributed by atoms with Crippen molar-refractivity contribution in [2.24, 2.45) is 0 Å². The minimum atomic E-state index is -0.334. The number of thioether (sulfide) groups is 1. The summed E-state index contributed by atoms with van der Waals surface area (Å²) < 4.78 is 15.1. The number of aryl methyl sites for hydroxylation is 2. The van der Waals surface area contributed by atoms with Gasteiger partial charge in [0.1, 0.15) is 10.6 Å². The zero-order chi connectivity index (χ0) is 21.5. The third kappa shape index (κ3) is 3.66. The van der Waals surface area contributed by atoms with Gasteiger partial charge in [-0.2, -0.15) is 0 Å². The molecule has 6 heteroatoms. The first-order valence-electron chi connectivity index (χ1n) is 9.90. The molecular formula is C25H19FN2OS2. The fraction of sp³-hybridized carbons (Fsp3) is 0.120. The van der Waals surface area contributed by atoms with Crippen molar-refractivity contribution in [1.82, 2.24) is 9.55 Å². The molecular weight excluding hydrogens is 427 g/mol. The maximum Gasteiger partial charge on any atom is 0.267 e. The van der Waals surface area contributed by atoms with Gasteiger partial charge in [0.2, 0.25) is 0 Å². The van der Waals surface area contributed by atoms with Crippen molar-refractivity contribution in [2.45, 2.75) is 24.8 Å². The van der Waals surface area contributed by atoms with Gasteiger partial charge in [-0.1, -0.05) is 54.2 Å². The highest BCUT2D eigenvalue weighted by molar-refractivity contribution is 7.98. The molecule has 0 saturated carbocycles. The number of hydrogen-bond acceptors (Lipinski definition) is 4. The lowest BCUT2D eigenvalue weighted by Crippen LogP contribution is -2.21. The zero-order valence-electron chi connectivity index (χ0n) is 17.1. The van der Waals surface area contributed by atoms with Gasteiger partial charge in [-0.15, -0.1) is 11.3 Å². The fourth-order valence-electron chi connectivity index (χ4n) is 3.67. The molecule has 0 fully saturated rings. The molecule has 154 valence electrons. The summed E-state index contributed by atoms with van der Waals surface area (Å²) in [6, 6.07) is 20.6. The van der Waals surface area contributed by atoms with Gasteiger partial charge < -0.3 is 0 Å². The van der Waals surface area contributed by atoms with E-state index in [-0.39, 0.29) is 11.4 Å². The summed E-state index contributed by atoms with van der Waals surface area (Å²) in [5.74, 6) is 0.339. The molecule has 0 unspecified atom stereocenters. The van der Waals surface area contributed by atoms with Crippen LogP contribution in [0.4, 0.5) is 4.39 Å². The molecule has 3 aromatic carbocycles. The Morgan fingerprint density at radius 1 is 1.00 bits per heavy atom. The summed E-state index contributed by atoms with van der Waals surface area (Å²) in [5.41, 5.74) is 2.62. The van der Waals surface area contributed by atoms with Crippen LogP contribution in [0.15, 0.2) is 76.7 Å². The molecule has 5 aromatic rings. The van der Waals surface area contributed by atoms with Crippen LogP contribution in [0.2, 0.25) is 0 Å². The van der Waals surface area contributed by atoms with Crippen molar-refractivity contribution in [3.05, 3.63) is 98.9 Å². The van der Waals surface area contributed by atoms with Crippen molar-refractivity contribution >= 4 is 44.1 Å². The predicted molar refractivity (Wildman–Crippen MR) is 128 cm³/mol. The minimum Gasteiger partial charge on any atom is -0.268 e. The Morgan fingerprint density at radius 3 is 2.52 bits per heavy atom. The van der Waals surface area contributed by atoms with Crippen molar-refractivity contribution in [3.8, 4) is 5.69 Å². The van der Waals surface area contributed by atoms with Crippen LogP contribution < -0.4 is 5.56 Å². The molecule has 5 rings (SSSR count). The van der Waals surface area contributed by atoms with Gasteiger partial charge in [-0.05, 0) is 60.0 Å². The maximum absolute atomic E-state index is 13.5. The number of halogens is 1. The third-order valence-corrected chi connectivity index (χ3v) is 7.55. The lowest BCUT2D eigenvalue weighted by Gasteiger charge is -2.12. The summed E-state index contributed by atoms with van der Waals surface area (Å²) >= 11 is 3.06. The largest absolute Gasteiger partial charge is 0.268 e. The number of nitrogens with zero attached hydrogens (tertiary/aromatic N) is 2. The van der Waals surface area contributed by atoms with Crippen molar-refractivity contribution in [2.75, 3.05) is 0 Å². The van der Waals surface area contributed by atoms with E-state index in [1.165, 1.54) is 46.0 Å². The second kappa shape index (κ2) is 7.94. The Kier molecular flexibility index (Phi) is 5.12. The van der Waals surface area contributed by atoms with Crippen LogP contribution in [0.3, 0.4) is 0 Å². The maximum atomic E-state index is 13.5. The number of thiophene rings is 1. The quantitative estimate of drug-likeness (QED) is 0.229. The van der Waals surface area contributed by atoms with E-state index < -0.39 is 0 Å². The molecule has 0 N–H and O–H groups in total. The summed E-state index contributed by atoms with van der Waals surface area (Å²) in [7, 11) is 0. The average molecular weight is 447 g/mol. The Bertz CT molecular complexity index is 1490. The number of rotatable bonds is 4. The van der Waals surface area contributed by atoms with E-state index in [4.69, 9.17) is 4.98 Å². The van der Waals surface area contributed by atoms with Crippen LogP contribution in [-0.4, -0.2) is 9.55 Å². The Morgan fingerprint density at radius 2 is 1.74 bits per heavy atom. The van der Waals surface area contributed by atoms with E-state index in [9.17, 15) is 9.18 Å². The van der Waals surface area contributed by atoms with Crippen molar-refractivity contribution < 1.29 is 4.39 Å². The number of hydrogen-bond donors (Lipinski definition) is 0. The summed E-state index contributed by atoms with van der Waals surface area (Å²) in [5, 5.41) is 3.63. The van der Waals surface area contributed by atoms with Gasteiger partial charge in [-0.25, -0.2) is 9.37 Å². The summed E-state index contributed by atoms with van der Waals surface area (Å²) in [6.07, 6.45) is 0. The van der Waals surface area contributed by atoms with Gasteiger partial charge >= 0.3 is 0 Å². The van der Waals surface area contributed by atoms with Gasteiger partial charge in [0.25, 0.3) is 5.56 Å². The van der Waals surface area contributed by atoms with Gasteiger partial charge in [-0.3, -0.25) is 9.36 Å². The van der Waals surface area contributed by atoms with Crippen LogP contribution in [0, 0.1) is 19.7 Å². The minimum absolute atomic E-state index is 0.112. The monoisotopic (exact) mass is 446 g/mol. The van der Waals surface area contributed by atoms with Crippen molar-refractivity contribution in [3.63, 3.8) is 0 Å². The molecule has 0 aliphatic heterocycles. The topological polar surface area (TPSA) is 34.9 Å². The smallest absolute Gasteiger partial charge is 0.267 e. The molecule has 31 heavy (non-hydrogen) atoms. The highest BCUT2D eigenvalue weighted by Gasteiger charge is 2.18. The first-order valence-corrected chi connectivity index (χ1v) is 11.7. The highest BCUT2D eigenvalue weighted by atomic mass is 32.2. The van der Waals surface area contributed by atoms with Crippen LogP contribution in [0.1, 0.15) is 16.0 Å². The van der Waals surface area contributed by atoms with Crippen LogP contribution in [0.5, 0.6) is 0 Å². The summed E-state index contributed by atoms with van der Waals surface area (Å²) in [6.45, 7) is 3.96. The number of aromatic nitrogens is 2.